The van der Waals surface area contributed by atoms with Crippen molar-refractivity contribution in [2.75, 3.05) is 19.7 Å². The first-order valence-electron chi connectivity index (χ1n) is 10.1. The van der Waals surface area contributed by atoms with E-state index in [1.54, 1.807) is 6.07 Å². The van der Waals surface area contributed by atoms with Crippen LogP contribution < -0.4 is 0 Å². The van der Waals surface area contributed by atoms with Crippen LogP contribution in [0.4, 0.5) is 5.69 Å². The van der Waals surface area contributed by atoms with Crippen molar-refractivity contribution in [2.24, 2.45) is 5.92 Å². The van der Waals surface area contributed by atoms with Crippen molar-refractivity contribution in [1.29, 1.82) is 0 Å². The normalized spacial score (nSPS) is 24.4. The number of nitrogens with zero attached hydrogens (tertiary/aromatic N) is 2. The number of hydrogen-bond donors (Lipinski definition) is 0. The average molecular weight is 370 g/mol. The zero-order valence-corrected chi connectivity index (χ0v) is 16.2. The minimum Gasteiger partial charge on any atom is -0.366 e. The highest BCUT2D eigenvalue weighted by Gasteiger charge is 2.30. The number of nitro benzene ring substituents is 1. The van der Waals surface area contributed by atoms with Gasteiger partial charge in [-0.3, -0.25) is 10.1 Å². The van der Waals surface area contributed by atoms with Crippen LogP contribution in [-0.2, 0) is 11.2 Å². The maximum atomic E-state index is 11.3. The first-order valence-corrected chi connectivity index (χ1v) is 10.1. The number of piperidine rings is 1. The molecule has 1 aliphatic heterocycles. The Bertz CT molecular complexity index is 681. The molecule has 0 spiro atoms. The third-order valence-corrected chi connectivity index (χ3v) is 6.15. The number of hydrogen-bond acceptors (Lipinski definition) is 4. The highest BCUT2D eigenvalue weighted by Crippen LogP contribution is 2.31. The van der Waals surface area contributed by atoms with Gasteiger partial charge in [-0.25, -0.2) is 0 Å². The summed E-state index contributed by atoms with van der Waals surface area (Å²) in [6, 6.07) is 6.13. The van der Waals surface area contributed by atoms with E-state index < -0.39 is 0 Å². The molecular formula is C22H30N2O3. The van der Waals surface area contributed by atoms with Gasteiger partial charge in [0.25, 0.3) is 5.69 Å². The molecule has 1 saturated carbocycles. The van der Waals surface area contributed by atoms with Gasteiger partial charge in [-0.2, -0.15) is 0 Å². The molecule has 2 aliphatic rings. The highest BCUT2D eigenvalue weighted by atomic mass is 16.6. The first-order chi connectivity index (χ1) is 13.1. The van der Waals surface area contributed by atoms with Gasteiger partial charge in [-0.15, -0.1) is 6.42 Å². The molecule has 1 heterocycles. The summed E-state index contributed by atoms with van der Waals surface area (Å²) in [5.74, 6) is 3.09. The fourth-order valence-electron chi connectivity index (χ4n) is 4.63. The third kappa shape index (κ3) is 5.31. The van der Waals surface area contributed by atoms with Gasteiger partial charge in [0, 0.05) is 17.7 Å². The molecule has 0 atom stereocenters. The lowest BCUT2D eigenvalue weighted by Gasteiger charge is -2.40. The van der Waals surface area contributed by atoms with E-state index in [2.05, 4.69) is 10.8 Å². The van der Waals surface area contributed by atoms with Crippen LogP contribution in [0.15, 0.2) is 18.2 Å². The number of benzene rings is 1. The van der Waals surface area contributed by atoms with Gasteiger partial charge < -0.3 is 9.64 Å². The third-order valence-electron chi connectivity index (χ3n) is 6.15. The number of rotatable bonds is 6. The number of nitro groups is 1. The van der Waals surface area contributed by atoms with Gasteiger partial charge in [-0.1, -0.05) is 17.6 Å². The smallest absolute Gasteiger partial charge is 0.272 e. The second kappa shape index (κ2) is 9.34. The van der Waals surface area contributed by atoms with Crippen LogP contribution in [0.3, 0.4) is 0 Å². The maximum absolute atomic E-state index is 11.3. The van der Waals surface area contributed by atoms with Crippen molar-refractivity contribution >= 4 is 5.69 Å². The van der Waals surface area contributed by atoms with Crippen molar-refractivity contribution in [3.05, 3.63) is 39.4 Å². The molecule has 0 unspecified atom stereocenters. The van der Waals surface area contributed by atoms with Gasteiger partial charge in [0.1, 0.15) is 6.61 Å². The Morgan fingerprint density at radius 2 is 1.93 bits per heavy atom. The van der Waals surface area contributed by atoms with E-state index in [-0.39, 0.29) is 10.6 Å². The fourth-order valence-corrected chi connectivity index (χ4v) is 4.63. The lowest BCUT2D eigenvalue weighted by molar-refractivity contribution is -0.385. The summed E-state index contributed by atoms with van der Waals surface area (Å²) in [5, 5.41) is 11.3. The largest absolute Gasteiger partial charge is 0.366 e. The van der Waals surface area contributed by atoms with E-state index in [1.165, 1.54) is 12.8 Å². The number of terminal acetylenes is 1. The predicted molar refractivity (Wildman–Crippen MR) is 107 cm³/mol. The van der Waals surface area contributed by atoms with E-state index in [0.717, 1.165) is 56.3 Å². The van der Waals surface area contributed by atoms with E-state index in [0.29, 0.717) is 24.7 Å². The first kappa shape index (κ1) is 19.9. The summed E-state index contributed by atoms with van der Waals surface area (Å²) in [6.07, 6.45) is 13.2. The van der Waals surface area contributed by atoms with Crippen LogP contribution in [0.5, 0.6) is 0 Å². The molecule has 27 heavy (non-hydrogen) atoms. The SMILES string of the molecule is C#CCOC1CCC(N2CCC(Cc3cc(C)ccc3[N+](=O)[O-])CC2)CC1. The van der Waals surface area contributed by atoms with Gasteiger partial charge in [-0.05, 0) is 76.9 Å². The second-order valence-electron chi connectivity index (χ2n) is 8.02. The molecule has 0 aromatic heterocycles. The minimum absolute atomic E-state index is 0.245. The Kier molecular flexibility index (Phi) is 6.87. The molecule has 146 valence electrons. The molecule has 0 N–H and O–H groups in total. The predicted octanol–water partition coefficient (Wildman–Crippen LogP) is 4.12. The summed E-state index contributed by atoms with van der Waals surface area (Å²) >= 11 is 0. The highest BCUT2D eigenvalue weighted by molar-refractivity contribution is 5.42. The Labute approximate surface area is 162 Å². The van der Waals surface area contributed by atoms with E-state index in [4.69, 9.17) is 11.2 Å². The van der Waals surface area contributed by atoms with Crippen molar-refractivity contribution in [2.45, 2.75) is 64.0 Å². The summed E-state index contributed by atoms with van der Waals surface area (Å²) in [5.41, 5.74) is 2.26. The second-order valence-corrected chi connectivity index (χ2v) is 8.02. The zero-order valence-electron chi connectivity index (χ0n) is 16.2. The van der Waals surface area contributed by atoms with Crippen LogP contribution in [0.1, 0.15) is 49.7 Å². The molecule has 3 rings (SSSR count). The van der Waals surface area contributed by atoms with Crippen molar-refractivity contribution in [3.63, 3.8) is 0 Å². The summed E-state index contributed by atoms with van der Waals surface area (Å²) in [6.45, 7) is 4.63. The van der Waals surface area contributed by atoms with Gasteiger partial charge >= 0.3 is 0 Å². The molecular weight excluding hydrogens is 340 g/mol. The lowest BCUT2D eigenvalue weighted by Crippen LogP contribution is -2.44. The Morgan fingerprint density at radius 3 is 2.56 bits per heavy atom. The minimum atomic E-state index is -0.245. The maximum Gasteiger partial charge on any atom is 0.272 e. The van der Waals surface area contributed by atoms with Crippen LogP contribution in [-0.4, -0.2) is 41.7 Å². The number of likely N-dealkylation sites (tertiary alicyclic amines) is 1. The van der Waals surface area contributed by atoms with Gasteiger partial charge in [0.2, 0.25) is 0 Å². The quantitative estimate of drug-likeness (QED) is 0.429. The molecule has 5 nitrogen and oxygen atoms in total. The summed E-state index contributed by atoms with van der Waals surface area (Å²) in [7, 11) is 0. The standard InChI is InChI=1S/C22H30N2O3/c1-3-14-27-21-7-5-20(6-8-21)23-12-10-18(11-13-23)16-19-15-17(2)4-9-22(19)24(25)26/h1,4,9,15,18,20-21H,5-8,10-14,16H2,2H3. The van der Waals surface area contributed by atoms with Crippen LogP contribution in [0, 0.1) is 35.3 Å². The topological polar surface area (TPSA) is 55.6 Å². The van der Waals surface area contributed by atoms with E-state index in [9.17, 15) is 10.1 Å². The average Bonchev–Trinajstić information content (AvgIpc) is 2.67. The molecule has 0 radical (unpaired) electrons. The van der Waals surface area contributed by atoms with Crippen molar-refractivity contribution in [1.82, 2.24) is 4.90 Å². The van der Waals surface area contributed by atoms with Crippen molar-refractivity contribution < 1.29 is 9.66 Å². The molecule has 0 bridgehead atoms. The summed E-state index contributed by atoms with van der Waals surface area (Å²) in [4.78, 5) is 13.7. The molecule has 0 amide bonds. The molecule has 1 aromatic carbocycles. The molecule has 5 heteroatoms. The molecule has 2 fully saturated rings. The van der Waals surface area contributed by atoms with Crippen LogP contribution in [0.2, 0.25) is 0 Å². The van der Waals surface area contributed by atoms with E-state index >= 15 is 0 Å². The van der Waals surface area contributed by atoms with Gasteiger partial charge in [0.05, 0.1) is 11.0 Å². The number of aryl methyl sites for hydroxylation is 1. The zero-order chi connectivity index (χ0) is 19.2. The lowest BCUT2D eigenvalue weighted by atomic mass is 9.86. The Hall–Kier alpha value is -1.90. The Balaban J connectivity index is 1.48. The van der Waals surface area contributed by atoms with Crippen LogP contribution >= 0.6 is 0 Å². The van der Waals surface area contributed by atoms with Crippen molar-refractivity contribution in [3.8, 4) is 12.3 Å². The van der Waals surface area contributed by atoms with Crippen LogP contribution in [0.25, 0.3) is 0 Å². The molecule has 1 aliphatic carbocycles. The summed E-state index contributed by atoms with van der Waals surface area (Å²) < 4.78 is 5.68. The molecule has 1 saturated heterocycles. The molecule has 1 aromatic rings. The monoisotopic (exact) mass is 370 g/mol. The van der Waals surface area contributed by atoms with E-state index in [1.807, 2.05) is 19.1 Å². The van der Waals surface area contributed by atoms with Gasteiger partial charge in [0.15, 0.2) is 0 Å². The fraction of sp³-hybridized carbons (Fsp3) is 0.636. The Morgan fingerprint density at radius 1 is 1.22 bits per heavy atom. The number of ether oxygens (including phenoxy) is 1.